The van der Waals surface area contributed by atoms with Crippen molar-refractivity contribution in [2.24, 2.45) is 5.41 Å². The van der Waals surface area contributed by atoms with E-state index in [0.717, 1.165) is 33.7 Å². The molecule has 0 fully saturated rings. The molecule has 0 N–H and O–H groups in total. The van der Waals surface area contributed by atoms with Crippen molar-refractivity contribution in [2.75, 3.05) is 16.5 Å². The first kappa shape index (κ1) is 48.5. The molecule has 4 nitrogen and oxygen atoms in total. The van der Waals surface area contributed by atoms with Crippen LogP contribution in [0.15, 0.2) is 121 Å². The number of rotatable bonds is 9. The first-order valence-electron chi connectivity index (χ1n) is 22.7. The van der Waals surface area contributed by atoms with E-state index in [-0.39, 0.29) is 39.3 Å². The second-order valence-electron chi connectivity index (χ2n) is 21.1. The maximum absolute atomic E-state index is 4.92. The summed E-state index contributed by atoms with van der Waals surface area (Å²) in [7, 11) is 0. The molecule has 5 aromatic carbocycles. The van der Waals surface area contributed by atoms with Crippen LogP contribution >= 0.6 is 0 Å². The molecule has 0 atom stereocenters. The van der Waals surface area contributed by atoms with Gasteiger partial charge in [0.15, 0.2) is 0 Å². The van der Waals surface area contributed by atoms with Gasteiger partial charge in [0.25, 0.3) is 0 Å². The molecule has 0 amide bonds. The molecule has 0 saturated carbocycles. The van der Waals surface area contributed by atoms with E-state index in [1.54, 1.807) is 0 Å². The molecule has 338 valence electrons. The van der Waals surface area contributed by atoms with Crippen LogP contribution in [0.1, 0.15) is 148 Å². The smallest absolute Gasteiger partial charge is 0.135 e. The molecule has 0 unspecified atom stereocenters. The monoisotopic (exact) mass is 1030 g/mol. The average Bonchev–Trinajstić information content (AvgIpc) is 3.84. The van der Waals surface area contributed by atoms with Crippen LogP contribution in [0.5, 0.6) is 0 Å². The van der Waals surface area contributed by atoms with E-state index < -0.39 is 5.41 Å². The molecule has 8 rings (SSSR count). The molecule has 0 spiro atoms. The maximum Gasteiger partial charge on any atom is 0.135 e. The number of aromatic nitrogens is 2. The van der Waals surface area contributed by atoms with Crippen molar-refractivity contribution in [1.29, 1.82) is 0 Å². The van der Waals surface area contributed by atoms with E-state index in [1.807, 2.05) is 6.20 Å². The molecule has 1 aliphatic rings. The fourth-order valence-corrected chi connectivity index (χ4v) is 9.18. The number of benzene rings is 5. The van der Waals surface area contributed by atoms with Crippen LogP contribution in [0, 0.1) is 25.0 Å². The molecule has 7 aromatic rings. The summed E-state index contributed by atoms with van der Waals surface area (Å²) in [6.45, 7) is 32.9. The first-order chi connectivity index (χ1) is 29.2. The fraction of sp³-hybridized carbons (Fsp3) is 0.356. The largest absolute Gasteiger partial charge is 0.358 e. The summed E-state index contributed by atoms with van der Waals surface area (Å²) in [6.07, 6.45) is 4.31. The first-order valence-corrected chi connectivity index (χ1v) is 22.7. The topological polar surface area (TPSA) is 24.3 Å². The van der Waals surface area contributed by atoms with Gasteiger partial charge in [0.05, 0.1) is 6.67 Å². The Morgan fingerprint density at radius 2 is 1.28 bits per heavy atom. The number of hydrogen-bond donors (Lipinski definition) is 0. The number of hydrogen-bond acceptors (Lipinski definition) is 3. The number of allylic oxidation sites excluding steroid dienone is 1. The molecule has 0 bridgehead atoms. The van der Waals surface area contributed by atoms with Crippen LogP contribution < -0.4 is 9.80 Å². The number of para-hydroxylation sites is 1. The Morgan fingerprint density at radius 1 is 0.625 bits per heavy atom. The normalized spacial score (nSPS) is 13.6. The van der Waals surface area contributed by atoms with Crippen LogP contribution in [-0.4, -0.2) is 16.2 Å². The van der Waals surface area contributed by atoms with Gasteiger partial charge < -0.3 is 21.8 Å². The zero-order chi connectivity index (χ0) is 44.5. The Kier molecular flexibility index (Phi) is 13.8. The van der Waals surface area contributed by atoms with E-state index in [9.17, 15) is 0 Å². The molecule has 1 aliphatic heterocycles. The van der Waals surface area contributed by atoms with E-state index in [1.165, 1.54) is 55.5 Å². The van der Waals surface area contributed by atoms with Crippen LogP contribution in [0.3, 0.4) is 0 Å². The van der Waals surface area contributed by atoms with Gasteiger partial charge in [0.1, 0.15) is 5.82 Å². The quantitative estimate of drug-likeness (QED) is 0.135. The SMILES string of the molecule is CC(C)c1ccnc(-n2c3[c-]c(C(C)(C)c4[c-]c(N5C=C(C(C)(C)C)N(c6ccc(-c7c(C(C)C)cccc7C(C)C)cc6)C5)cc(C(C)(C)C)c4)ccc3c3ccccc32)c1.[CH3-].[Pt]. The van der Waals surface area contributed by atoms with Crippen LogP contribution in [0.4, 0.5) is 11.4 Å². The minimum atomic E-state index is -0.411. The van der Waals surface area contributed by atoms with Gasteiger partial charge in [0, 0.05) is 55.8 Å². The summed E-state index contributed by atoms with van der Waals surface area (Å²) in [4.78, 5) is 9.82. The van der Waals surface area contributed by atoms with E-state index >= 15 is 0 Å². The predicted molar refractivity (Wildman–Crippen MR) is 271 cm³/mol. The molecular weight excluding hydrogens is 960 g/mol. The number of pyridine rings is 1. The second-order valence-corrected chi connectivity index (χ2v) is 21.1. The average molecular weight is 1030 g/mol. The summed E-state index contributed by atoms with van der Waals surface area (Å²) >= 11 is 0. The van der Waals surface area contributed by atoms with Crippen molar-refractivity contribution in [2.45, 2.75) is 126 Å². The Hall–Kier alpha value is -4.92. The molecule has 64 heavy (non-hydrogen) atoms. The van der Waals surface area contributed by atoms with Crippen LogP contribution in [0.2, 0.25) is 0 Å². The summed E-state index contributed by atoms with van der Waals surface area (Å²) in [5.74, 6) is 2.21. The fourth-order valence-electron chi connectivity index (χ4n) is 9.18. The molecule has 5 heteroatoms. The van der Waals surface area contributed by atoms with Gasteiger partial charge in [-0.1, -0.05) is 157 Å². The minimum Gasteiger partial charge on any atom is -0.358 e. The van der Waals surface area contributed by atoms with Crippen LogP contribution in [0.25, 0.3) is 38.8 Å². The summed E-state index contributed by atoms with van der Waals surface area (Å²) < 4.78 is 2.30. The standard InChI is InChI=1S/C58H66N4.CH3.Pt/c1-37(2)41-28-29-59-54(30-41)62-51-21-16-15-18-49(51)50-27-24-42(34-52(50)62)58(13,14)44-31-43(56(7,8)9)32-46(33-44)60-35-53(57(10,11)12)61(36-60)45-25-22-40(23-26-45)55-47(38(3)4)19-17-20-48(55)39(5)6;;/h15-32,35,37-39H,36H2,1-14H3;1H3;/q-2;-1;. The molecule has 0 radical (unpaired) electrons. The van der Waals surface area contributed by atoms with Gasteiger partial charge in [-0.05, 0) is 92.1 Å². The number of nitrogens with zero attached hydrogens (tertiary/aromatic N) is 4. The van der Waals surface area contributed by atoms with Gasteiger partial charge in [-0.15, -0.1) is 11.5 Å². The van der Waals surface area contributed by atoms with Crippen molar-refractivity contribution >= 4 is 33.2 Å². The number of anilines is 2. The van der Waals surface area contributed by atoms with Crippen LogP contribution in [-0.2, 0) is 31.9 Å². The Morgan fingerprint density at radius 3 is 1.89 bits per heavy atom. The predicted octanol–water partition coefficient (Wildman–Crippen LogP) is 16.1. The van der Waals surface area contributed by atoms with Crippen molar-refractivity contribution < 1.29 is 21.1 Å². The van der Waals surface area contributed by atoms with Crippen molar-refractivity contribution in [1.82, 2.24) is 9.55 Å². The minimum absolute atomic E-state index is 0. The Balaban J connectivity index is 0.00000340. The maximum atomic E-state index is 4.92. The Labute approximate surface area is 400 Å². The molecule has 0 saturated heterocycles. The summed E-state index contributed by atoms with van der Waals surface area (Å²) in [5, 5.41) is 2.39. The van der Waals surface area contributed by atoms with Gasteiger partial charge in [0.2, 0.25) is 0 Å². The van der Waals surface area contributed by atoms with Crippen molar-refractivity contribution in [3.63, 3.8) is 0 Å². The third kappa shape index (κ3) is 9.02. The molecule has 0 aliphatic carbocycles. The number of fused-ring (bicyclic) bond motifs is 3. The van der Waals surface area contributed by atoms with Crippen molar-refractivity contribution in [3.8, 4) is 16.9 Å². The van der Waals surface area contributed by atoms with Gasteiger partial charge >= 0.3 is 0 Å². The summed E-state index contributed by atoms with van der Waals surface area (Å²) in [5.41, 5.74) is 15.5. The van der Waals surface area contributed by atoms with Gasteiger partial charge in [-0.2, -0.15) is 47.0 Å². The zero-order valence-electron chi connectivity index (χ0n) is 41.0. The molecular formula is C59H69N4Pt-3. The van der Waals surface area contributed by atoms with Gasteiger partial charge in [-0.25, -0.2) is 4.98 Å². The third-order valence-electron chi connectivity index (χ3n) is 13.1. The summed E-state index contributed by atoms with van der Waals surface area (Å²) in [6, 6.07) is 46.4. The van der Waals surface area contributed by atoms with E-state index in [2.05, 4.69) is 233 Å². The zero-order valence-corrected chi connectivity index (χ0v) is 43.3. The molecule has 2 aromatic heterocycles. The molecule has 3 heterocycles. The van der Waals surface area contributed by atoms with E-state index in [0.29, 0.717) is 24.4 Å². The third-order valence-corrected chi connectivity index (χ3v) is 13.1. The van der Waals surface area contributed by atoms with E-state index in [4.69, 9.17) is 4.98 Å². The van der Waals surface area contributed by atoms with Crippen molar-refractivity contribution in [3.05, 3.63) is 174 Å². The Bertz CT molecular complexity index is 2780. The van der Waals surface area contributed by atoms with Gasteiger partial charge in [-0.3, -0.25) is 0 Å². The second kappa shape index (κ2) is 18.2.